The molecule has 1 aromatic carbocycles. The molecule has 0 heterocycles. The van der Waals surface area contributed by atoms with Gasteiger partial charge < -0.3 is 20.7 Å². The predicted octanol–water partition coefficient (Wildman–Crippen LogP) is 3.04. The fourth-order valence-electron chi connectivity index (χ4n) is 2.55. The molecular formula is C19H33NO3. The molecule has 4 N–H and O–H groups in total. The highest BCUT2D eigenvalue weighted by Gasteiger charge is 2.22. The van der Waals surface area contributed by atoms with Crippen LogP contribution in [0.2, 0.25) is 0 Å². The molecule has 4 nitrogen and oxygen atoms in total. The summed E-state index contributed by atoms with van der Waals surface area (Å²) in [6, 6.07) is 8.07. The quantitative estimate of drug-likeness (QED) is 0.488. The highest BCUT2D eigenvalue weighted by atomic mass is 16.5. The second kappa shape index (κ2) is 11.4. The van der Waals surface area contributed by atoms with Gasteiger partial charge in [-0.05, 0) is 43.4 Å². The normalized spacial score (nSPS) is 13.7. The Hall–Kier alpha value is -1.10. The third-order valence-electron chi connectivity index (χ3n) is 4.28. The first kappa shape index (κ1) is 19.9. The number of nitrogens with two attached hydrogens (primary N) is 1. The highest BCUT2D eigenvalue weighted by molar-refractivity contribution is 5.27. The van der Waals surface area contributed by atoms with Crippen LogP contribution in [0.3, 0.4) is 0 Å². The number of aliphatic hydroxyl groups excluding tert-OH is 2. The van der Waals surface area contributed by atoms with Gasteiger partial charge in [0, 0.05) is 12.1 Å². The predicted molar refractivity (Wildman–Crippen MR) is 94.7 cm³/mol. The first-order valence-corrected chi connectivity index (χ1v) is 8.86. The van der Waals surface area contributed by atoms with E-state index in [1.807, 2.05) is 24.3 Å². The first-order chi connectivity index (χ1) is 11.1. The fourth-order valence-corrected chi connectivity index (χ4v) is 2.55. The van der Waals surface area contributed by atoms with Crippen molar-refractivity contribution < 1.29 is 14.9 Å². The standard InChI is InChI=1S/C19H33NO3/c1-2-3-4-5-6-15-23-18-9-7-17(8-10-18)11-12-19(20,16-22)13-14-21/h7-10,21-22H,2-6,11-16,20H2,1H3/t19-/m1/s1. The zero-order valence-corrected chi connectivity index (χ0v) is 14.5. The van der Waals surface area contributed by atoms with E-state index in [9.17, 15) is 5.11 Å². The summed E-state index contributed by atoms with van der Waals surface area (Å²) < 4.78 is 5.75. The third-order valence-corrected chi connectivity index (χ3v) is 4.28. The van der Waals surface area contributed by atoms with Gasteiger partial charge in [-0.25, -0.2) is 0 Å². The van der Waals surface area contributed by atoms with E-state index >= 15 is 0 Å². The van der Waals surface area contributed by atoms with E-state index in [2.05, 4.69) is 6.92 Å². The summed E-state index contributed by atoms with van der Waals surface area (Å²) in [5.74, 6) is 0.903. The smallest absolute Gasteiger partial charge is 0.119 e. The maximum atomic E-state index is 9.36. The Kier molecular flexibility index (Phi) is 9.92. The van der Waals surface area contributed by atoms with Crippen molar-refractivity contribution in [2.24, 2.45) is 5.73 Å². The number of ether oxygens (including phenoxy) is 1. The second-order valence-electron chi connectivity index (χ2n) is 6.40. The van der Waals surface area contributed by atoms with Crippen LogP contribution in [0.5, 0.6) is 5.75 Å². The van der Waals surface area contributed by atoms with Crippen molar-refractivity contribution in [2.45, 2.75) is 63.8 Å². The first-order valence-electron chi connectivity index (χ1n) is 8.86. The lowest BCUT2D eigenvalue weighted by molar-refractivity contribution is 0.149. The summed E-state index contributed by atoms with van der Waals surface area (Å²) in [5, 5.41) is 18.4. The number of rotatable bonds is 13. The van der Waals surface area contributed by atoms with Crippen LogP contribution in [0, 0.1) is 0 Å². The molecule has 0 bridgehead atoms. The fraction of sp³-hybridized carbons (Fsp3) is 0.684. The third kappa shape index (κ3) is 8.35. The summed E-state index contributed by atoms with van der Waals surface area (Å²) in [6.07, 6.45) is 8.06. The largest absolute Gasteiger partial charge is 0.494 e. The molecule has 0 radical (unpaired) electrons. The number of unbranched alkanes of at least 4 members (excludes halogenated alkanes) is 4. The minimum atomic E-state index is -0.692. The zero-order chi connectivity index (χ0) is 17.0. The molecule has 0 spiro atoms. The zero-order valence-electron chi connectivity index (χ0n) is 14.5. The lowest BCUT2D eigenvalue weighted by atomic mass is 9.90. The molecule has 0 aliphatic heterocycles. The number of aliphatic hydroxyl groups is 2. The van der Waals surface area contributed by atoms with Gasteiger partial charge >= 0.3 is 0 Å². The Bertz CT molecular complexity index is 408. The van der Waals surface area contributed by atoms with Gasteiger partial charge in [-0.15, -0.1) is 0 Å². The molecule has 23 heavy (non-hydrogen) atoms. The lowest BCUT2D eigenvalue weighted by Crippen LogP contribution is -2.44. The number of hydrogen-bond acceptors (Lipinski definition) is 4. The van der Waals surface area contributed by atoms with Gasteiger partial charge in [0.15, 0.2) is 0 Å². The molecule has 0 fully saturated rings. The lowest BCUT2D eigenvalue weighted by Gasteiger charge is -2.26. The Labute approximate surface area is 140 Å². The summed E-state index contributed by atoms with van der Waals surface area (Å²) in [6.45, 7) is 2.89. The van der Waals surface area contributed by atoms with E-state index in [0.29, 0.717) is 12.8 Å². The van der Waals surface area contributed by atoms with Crippen LogP contribution in [0.4, 0.5) is 0 Å². The molecule has 4 heteroatoms. The van der Waals surface area contributed by atoms with Crippen LogP contribution in [0.1, 0.15) is 57.4 Å². The molecule has 0 saturated heterocycles. The van der Waals surface area contributed by atoms with Gasteiger partial charge in [0.25, 0.3) is 0 Å². The van der Waals surface area contributed by atoms with Crippen LogP contribution in [0.25, 0.3) is 0 Å². The SMILES string of the molecule is CCCCCCCOc1ccc(CC[C@](N)(CO)CCO)cc1. The van der Waals surface area contributed by atoms with Crippen molar-refractivity contribution in [3.05, 3.63) is 29.8 Å². The van der Waals surface area contributed by atoms with E-state index in [0.717, 1.165) is 25.2 Å². The van der Waals surface area contributed by atoms with Gasteiger partial charge in [-0.2, -0.15) is 0 Å². The average molecular weight is 323 g/mol. The molecule has 0 saturated carbocycles. The van der Waals surface area contributed by atoms with E-state index < -0.39 is 5.54 Å². The second-order valence-corrected chi connectivity index (χ2v) is 6.40. The summed E-state index contributed by atoms with van der Waals surface area (Å²) in [5.41, 5.74) is 6.54. The number of hydrogen-bond donors (Lipinski definition) is 3. The van der Waals surface area contributed by atoms with Gasteiger partial charge in [-0.3, -0.25) is 0 Å². The molecular weight excluding hydrogens is 290 g/mol. The van der Waals surface area contributed by atoms with Crippen LogP contribution >= 0.6 is 0 Å². The topological polar surface area (TPSA) is 75.7 Å². The minimum Gasteiger partial charge on any atom is -0.494 e. The van der Waals surface area contributed by atoms with Crippen molar-refractivity contribution in [3.8, 4) is 5.75 Å². The molecule has 0 unspecified atom stereocenters. The summed E-state index contributed by atoms with van der Waals surface area (Å²) in [4.78, 5) is 0. The Morgan fingerprint density at radius 3 is 2.30 bits per heavy atom. The highest BCUT2D eigenvalue weighted by Crippen LogP contribution is 2.18. The molecule has 0 aromatic heterocycles. The Morgan fingerprint density at radius 1 is 1.00 bits per heavy atom. The molecule has 1 atom stereocenters. The van der Waals surface area contributed by atoms with Crippen molar-refractivity contribution in [1.29, 1.82) is 0 Å². The van der Waals surface area contributed by atoms with Crippen LogP contribution in [-0.4, -0.2) is 35.6 Å². The van der Waals surface area contributed by atoms with Crippen molar-refractivity contribution in [3.63, 3.8) is 0 Å². The summed E-state index contributed by atoms with van der Waals surface area (Å²) in [7, 11) is 0. The van der Waals surface area contributed by atoms with Gasteiger partial charge in [0.05, 0.1) is 13.2 Å². The van der Waals surface area contributed by atoms with Crippen LogP contribution in [0.15, 0.2) is 24.3 Å². The molecule has 1 aromatic rings. The monoisotopic (exact) mass is 323 g/mol. The Morgan fingerprint density at radius 2 is 1.70 bits per heavy atom. The molecule has 1 rings (SSSR count). The van der Waals surface area contributed by atoms with E-state index in [1.165, 1.54) is 31.2 Å². The van der Waals surface area contributed by atoms with E-state index in [1.54, 1.807) is 0 Å². The van der Waals surface area contributed by atoms with Crippen LogP contribution < -0.4 is 10.5 Å². The minimum absolute atomic E-state index is 0.00208. The van der Waals surface area contributed by atoms with Crippen molar-refractivity contribution >= 4 is 0 Å². The Balaban J connectivity index is 2.30. The van der Waals surface area contributed by atoms with Crippen LogP contribution in [-0.2, 0) is 6.42 Å². The van der Waals surface area contributed by atoms with Gasteiger partial charge in [-0.1, -0.05) is 44.7 Å². The van der Waals surface area contributed by atoms with Gasteiger partial charge in [0.1, 0.15) is 5.75 Å². The number of benzene rings is 1. The maximum Gasteiger partial charge on any atom is 0.119 e. The van der Waals surface area contributed by atoms with E-state index in [-0.39, 0.29) is 13.2 Å². The molecule has 0 amide bonds. The van der Waals surface area contributed by atoms with Crippen molar-refractivity contribution in [2.75, 3.05) is 19.8 Å². The van der Waals surface area contributed by atoms with Crippen molar-refractivity contribution in [1.82, 2.24) is 0 Å². The van der Waals surface area contributed by atoms with E-state index in [4.69, 9.17) is 15.6 Å². The van der Waals surface area contributed by atoms with Gasteiger partial charge in [0.2, 0.25) is 0 Å². The average Bonchev–Trinajstić information content (AvgIpc) is 2.57. The molecule has 0 aliphatic rings. The summed E-state index contributed by atoms with van der Waals surface area (Å²) >= 11 is 0. The molecule has 132 valence electrons. The molecule has 0 aliphatic carbocycles. The number of aryl methyl sites for hydroxylation is 1. The maximum absolute atomic E-state index is 9.36.